The Morgan fingerprint density at radius 3 is 2.81 bits per heavy atom. The molecule has 1 heterocycles. The number of thiazole rings is 1. The highest BCUT2D eigenvalue weighted by Crippen LogP contribution is 2.35. The van der Waals surface area contributed by atoms with Crippen molar-refractivity contribution in [2.75, 3.05) is 11.5 Å². The molecule has 2 aromatic rings. The number of ether oxygens (including phenoxy) is 1. The number of carbonyl (C=O) groups excluding carboxylic acids is 2. The van der Waals surface area contributed by atoms with Crippen LogP contribution in [0.5, 0.6) is 0 Å². The predicted octanol–water partition coefficient (Wildman–Crippen LogP) is 5.76. The maximum atomic E-state index is 13.0. The summed E-state index contributed by atoms with van der Waals surface area (Å²) in [7, 11) is 0. The number of anilines is 2. The zero-order valence-electron chi connectivity index (χ0n) is 16.8. The first-order valence-corrected chi connectivity index (χ1v) is 10.6. The van der Waals surface area contributed by atoms with Crippen molar-refractivity contribution in [2.24, 2.45) is 5.92 Å². The molecule has 0 spiro atoms. The van der Waals surface area contributed by atoms with Gasteiger partial charge in [0, 0.05) is 18.4 Å². The van der Waals surface area contributed by atoms with E-state index >= 15 is 0 Å². The summed E-state index contributed by atoms with van der Waals surface area (Å²) >= 11 is 1.08. The molecule has 31 heavy (non-hydrogen) atoms. The van der Waals surface area contributed by atoms with Crippen LogP contribution in [0.2, 0.25) is 0 Å². The molecule has 1 aromatic carbocycles. The molecule has 5 nitrogen and oxygen atoms in total. The molecule has 0 saturated carbocycles. The van der Waals surface area contributed by atoms with Gasteiger partial charge < -0.3 is 4.74 Å². The molecule has 1 aliphatic rings. The highest BCUT2D eigenvalue weighted by molar-refractivity contribution is 7.14. The molecule has 0 N–H and O–H groups in total. The Hall–Kier alpha value is -2.94. The van der Waals surface area contributed by atoms with Crippen LogP contribution in [0.4, 0.5) is 24.0 Å². The van der Waals surface area contributed by atoms with Crippen LogP contribution in [-0.4, -0.2) is 23.5 Å². The minimum atomic E-state index is -4.52. The van der Waals surface area contributed by atoms with Crippen molar-refractivity contribution in [3.63, 3.8) is 0 Å². The lowest BCUT2D eigenvalue weighted by Gasteiger charge is -2.19. The molecule has 0 saturated heterocycles. The Balaban J connectivity index is 1.69. The van der Waals surface area contributed by atoms with E-state index in [9.17, 15) is 22.8 Å². The smallest absolute Gasteiger partial charge is 0.416 e. The van der Waals surface area contributed by atoms with E-state index in [1.807, 2.05) is 0 Å². The number of esters is 1. The Labute approximate surface area is 181 Å². The maximum Gasteiger partial charge on any atom is 0.416 e. The fourth-order valence-corrected chi connectivity index (χ4v) is 3.97. The monoisotopic (exact) mass is 450 g/mol. The van der Waals surface area contributed by atoms with Gasteiger partial charge in [-0.1, -0.05) is 18.2 Å². The molecular weight excluding hydrogens is 429 g/mol. The van der Waals surface area contributed by atoms with Crippen molar-refractivity contribution in [3.8, 4) is 0 Å². The van der Waals surface area contributed by atoms with Crippen LogP contribution in [0.15, 0.2) is 47.9 Å². The van der Waals surface area contributed by atoms with Gasteiger partial charge >= 0.3 is 12.1 Å². The minimum absolute atomic E-state index is 0.0631. The third-order valence-corrected chi connectivity index (χ3v) is 5.52. The molecule has 1 aliphatic carbocycles. The number of rotatable bonds is 6. The van der Waals surface area contributed by atoms with Gasteiger partial charge in [-0.2, -0.15) is 13.2 Å². The lowest BCUT2D eigenvalue weighted by Crippen LogP contribution is -2.23. The average molecular weight is 450 g/mol. The first-order valence-electron chi connectivity index (χ1n) is 9.67. The largest absolute Gasteiger partial charge is 0.462 e. The van der Waals surface area contributed by atoms with Crippen LogP contribution in [0, 0.1) is 5.92 Å². The Morgan fingerprint density at radius 1 is 1.32 bits per heavy atom. The van der Waals surface area contributed by atoms with Crippen molar-refractivity contribution >= 4 is 40.1 Å². The van der Waals surface area contributed by atoms with Crippen molar-refractivity contribution in [2.45, 2.75) is 32.4 Å². The second-order valence-corrected chi connectivity index (χ2v) is 7.91. The fraction of sp³-hybridized carbons (Fsp3) is 0.318. The molecule has 0 aliphatic heterocycles. The van der Waals surface area contributed by atoms with E-state index in [0.29, 0.717) is 18.2 Å². The van der Waals surface area contributed by atoms with Gasteiger partial charge in [0.05, 0.1) is 23.6 Å². The molecule has 164 valence electrons. The number of benzene rings is 1. The summed E-state index contributed by atoms with van der Waals surface area (Å²) in [5.74, 6) is -0.652. The minimum Gasteiger partial charge on any atom is -0.462 e. The number of nitrogens with zero attached hydrogens (tertiary/aromatic N) is 2. The number of halogens is 3. The third-order valence-electron chi connectivity index (χ3n) is 4.68. The van der Waals surface area contributed by atoms with E-state index < -0.39 is 23.6 Å². The van der Waals surface area contributed by atoms with Crippen molar-refractivity contribution in [3.05, 3.63) is 59.1 Å². The SMILES string of the molecule is CC(=O)N(c1cccc(C(F)(F)F)c1)c1nc(C=CC(=O)OCC2CC=CCC2)cs1. The molecule has 0 radical (unpaired) electrons. The van der Waals surface area contributed by atoms with Gasteiger partial charge in [0.25, 0.3) is 0 Å². The van der Waals surface area contributed by atoms with Gasteiger partial charge in [-0.3, -0.25) is 9.69 Å². The Morgan fingerprint density at radius 2 is 2.13 bits per heavy atom. The summed E-state index contributed by atoms with van der Waals surface area (Å²) in [6.45, 7) is 1.60. The molecule has 1 unspecified atom stereocenters. The third kappa shape index (κ3) is 6.27. The molecule has 0 bridgehead atoms. The highest BCUT2D eigenvalue weighted by atomic mass is 32.1. The predicted molar refractivity (Wildman–Crippen MR) is 113 cm³/mol. The summed E-state index contributed by atoms with van der Waals surface area (Å²) in [6, 6.07) is 4.48. The number of carbonyl (C=O) groups is 2. The second kappa shape index (κ2) is 9.91. The first kappa shape index (κ1) is 22.7. The maximum absolute atomic E-state index is 13.0. The molecule has 1 amide bonds. The molecule has 9 heteroatoms. The number of amides is 1. The zero-order valence-corrected chi connectivity index (χ0v) is 17.6. The molecule has 0 fully saturated rings. The zero-order chi connectivity index (χ0) is 22.4. The van der Waals surface area contributed by atoms with Gasteiger partial charge in [-0.15, -0.1) is 11.3 Å². The second-order valence-electron chi connectivity index (χ2n) is 7.07. The average Bonchev–Trinajstić information content (AvgIpc) is 3.19. The van der Waals surface area contributed by atoms with Crippen molar-refractivity contribution < 1.29 is 27.5 Å². The van der Waals surface area contributed by atoms with Gasteiger partial charge in [0.15, 0.2) is 5.13 Å². The lowest BCUT2D eigenvalue weighted by molar-refractivity contribution is -0.139. The highest BCUT2D eigenvalue weighted by Gasteiger charge is 2.31. The normalized spacial score (nSPS) is 16.5. The van der Waals surface area contributed by atoms with E-state index in [4.69, 9.17) is 4.74 Å². The van der Waals surface area contributed by atoms with E-state index in [1.54, 1.807) is 5.38 Å². The Bertz CT molecular complexity index is 998. The summed E-state index contributed by atoms with van der Waals surface area (Å²) in [4.78, 5) is 29.4. The molecule has 3 rings (SSSR count). The fourth-order valence-electron chi connectivity index (χ4n) is 3.11. The van der Waals surface area contributed by atoms with Crippen molar-refractivity contribution in [1.82, 2.24) is 4.98 Å². The lowest BCUT2D eigenvalue weighted by atomic mass is 9.95. The molecule has 1 atom stereocenters. The first-order chi connectivity index (χ1) is 14.7. The number of aromatic nitrogens is 1. The number of hydrogen-bond acceptors (Lipinski definition) is 5. The number of allylic oxidation sites excluding steroid dienone is 2. The number of hydrogen-bond donors (Lipinski definition) is 0. The van der Waals surface area contributed by atoms with Gasteiger partial charge in [0.2, 0.25) is 5.91 Å². The van der Waals surface area contributed by atoms with Gasteiger partial charge in [-0.05, 0) is 49.5 Å². The summed E-state index contributed by atoms with van der Waals surface area (Å²) in [5.41, 5.74) is -0.395. The molecule has 1 aromatic heterocycles. The van der Waals surface area contributed by atoms with Crippen LogP contribution < -0.4 is 4.90 Å². The van der Waals surface area contributed by atoms with E-state index in [1.165, 1.54) is 31.2 Å². The van der Waals surface area contributed by atoms with Gasteiger partial charge in [0.1, 0.15) is 0 Å². The summed E-state index contributed by atoms with van der Waals surface area (Å²) in [5, 5.41) is 1.81. The topological polar surface area (TPSA) is 59.5 Å². The van der Waals surface area contributed by atoms with Crippen molar-refractivity contribution in [1.29, 1.82) is 0 Å². The standard InChI is InChI=1S/C22H21F3N2O3S/c1-15(28)27(19-9-5-8-17(12-19)22(23,24)25)21-26-18(14-31-21)10-11-20(29)30-13-16-6-3-2-4-7-16/h2-3,5,8-12,14,16H,4,6-7,13H2,1H3. The quantitative estimate of drug-likeness (QED) is 0.319. The van der Waals surface area contributed by atoms with Crippen LogP contribution in [0.25, 0.3) is 6.08 Å². The van der Waals surface area contributed by atoms with E-state index in [-0.39, 0.29) is 10.8 Å². The Kier molecular flexibility index (Phi) is 7.27. The summed E-state index contributed by atoms with van der Waals surface area (Å²) in [6.07, 6.45) is 5.24. The summed E-state index contributed by atoms with van der Waals surface area (Å²) < 4.78 is 44.3. The van der Waals surface area contributed by atoms with Gasteiger partial charge in [-0.25, -0.2) is 9.78 Å². The van der Waals surface area contributed by atoms with E-state index in [2.05, 4.69) is 17.1 Å². The van der Waals surface area contributed by atoms with Crippen LogP contribution in [-0.2, 0) is 20.5 Å². The van der Waals surface area contributed by atoms with E-state index in [0.717, 1.165) is 47.6 Å². The van der Waals surface area contributed by atoms with Crippen LogP contribution >= 0.6 is 11.3 Å². The molecular formula is C22H21F3N2O3S. The van der Waals surface area contributed by atoms with Crippen LogP contribution in [0.3, 0.4) is 0 Å². The van der Waals surface area contributed by atoms with Crippen LogP contribution in [0.1, 0.15) is 37.4 Å². The number of alkyl halides is 3.